The zero-order valence-corrected chi connectivity index (χ0v) is 26.3. The van der Waals surface area contributed by atoms with Gasteiger partial charge < -0.3 is 31.7 Å². The summed E-state index contributed by atoms with van der Waals surface area (Å²) in [5.74, 6) is -5.02. The summed E-state index contributed by atoms with van der Waals surface area (Å²) in [6.45, 7) is 0.283. The molecule has 2 aromatic rings. The van der Waals surface area contributed by atoms with Crippen molar-refractivity contribution in [3.05, 3.63) is 53.6 Å². The Morgan fingerprint density at radius 3 is 2.17 bits per heavy atom. The van der Waals surface area contributed by atoms with Crippen molar-refractivity contribution < 1.29 is 59.0 Å². The van der Waals surface area contributed by atoms with Crippen LogP contribution >= 0.6 is 11.8 Å². The molecule has 260 valence electrons. The van der Waals surface area contributed by atoms with Crippen molar-refractivity contribution in [2.45, 2.75) is 34.6 Å². The van der Waals surface area contributed by atoms with E-state index in [4.69, 9.17) is 9.90 Å². The van der Waals surface area contributed by atoms with E-state index in [0.717, 1.165) is 17.0 Å². The quantitative estimate of drug-likeness (QED) is 0.168. The molecule has 1 fully saturated rings. The topological polar surface area (TPSA) is 183 Å². The number of carbonyl (C=O) groups excluding carboxylic acids is 3. The summed E-state index contributed by atoms with van der Waals surface area (Å²) in [6.07, 6.45) is -7.45. The van der Waals surface area contributed by atoms with Crippen LogP contribution in [0.2, 0.25) is 0 Å². The van der Waals surface area contributed by atoms with Gasteiger partial charge in [-0.15, -0.1) is 11.8 Å². The summed E-state index contributed by atoms with van der Waals surface area (Å²) >= 11 is 1.49. The standard InChI is InChI=1S/C25H30F3N5O5S2.C2HF3O2/c1-29-24(36)33-20-8-3-16(25(26,27)28)11-19(20)23(35)31-13-22(34)32-21-12-30-10-9-15(21)14-40(37,38)18-6-4-17(39-2)5-7-18;3-2(4,5)1(6)7/h3-8,11,15,21,30H,9-10,12-14H2,1-2H3,(H,31,35)(H,32,34)(H2,29,33,36);(H,6,7)/t15-,21-;/m0./s1. The van der Waals surface area contributed by atoms with Gasteiger partial charge in [0.05, 0.1) is 34.0 Å². The molecule has 1 aliphatic rings. The highest BCUT2D eigenvalue weighted by Crippen LogP contribution is 2.32. The van der Waals surface area contributed by atoms with E-state index in [0.29, 0.717) is 25.6 Å². The molecule has 1 saturated heterocycles. The first kappa shape index (κ1) is 39.1. The van der Waals surface area contributed by atoms with Gasteiger partial charge in [-0.3, -0.25) is 9.59 Å². The summed E-state index contributed by atoms with van der Waals surface area (Å²) in [4.78, 5) is 47.1. The molecule has 0 saturated carbocycles. The van der Waals surface area contributed by atoms with Crippen LogP contribution in [0.25, 0.3) is 0 Å². The van der Waals surface area contributed by atoms with E-state index in [1.54, 1.807) is 24.3 Å². The second-order valence-electron chi connectivity index (χ2n) is 9.83. The molecule has 0 bridgehead atoms. The Morgan fingerprint density at radius 2 is 1.64 bits per heavy atom. The summed E-state index contributed by atoms with van der Waals surface area (Å²) in [5.41, 5.74) is -1.77. The molecule has 0 spiro atoms. The van der Waals surface area contributed by atoms with E-state index >= 15 is 0 Å². The number of urea groups is 1. The van der Waals surface area contributed by atoms with Gasteiger partial charge in [0.2, 0.25) is 5.91 Å². The Kier molecular flexibility index (Phi) is 13.9. The summed E-state index contributed by atoms with van der Waals surface area (Å²) in [6, 6.07) is 7.48. The number of alkyl halides is 6. The van der Waals surface area contributed by atoms with E-state index in [9.17, 15) is 49.1 Å². The molecule has 1 aliphatic heterocycles. The van der Waals surface area contributed by atoms with E-state index in [2.05, 4.69) is 26.6 Å². The monoisotopic (exact) mass is 715 g/mol. The van der Waals surface area contributed by atoms with E-state index in [1.807, 2.05) is 6.26 Å². The van der Waals surface area contributed by atoms with Gasteiger partial charge in [0, 0.05) is 24.5 Å². The minimum Gasteiger partial charge on any atom is -0.475 e. The number of thioether (sulfide) groups is 1. The molecular weight excluding hydrogens is 684 g/mol. The van der Waals surface area contributed by atoms with Crippen molar-refractivity contribution >= 4 is 51.1 Å². The summed E-state index contributed by atoms with van der Waals surface area (Å²) in [7, 11) is -2.34. The first-order chi connectivity index (χ1) is 21.8. The average molecular weight is 716 g/mol. The Balaban J connectivity index is 0.000000984. The lowest BCUT2D eigenvalue weighted by Gasteiger charge is -2.32. The number of carboxylic acid groups (broad SMARTS) is 1. The van der Waals surface area contributed by atoms with Crippen molar-refractivity contribution in [1.82, 2.24) is 21.3 Å². The number of anilines is 1. The number of piperidine rings is 1. The molecule has 4 amide bonds. The zero-order chi connectivity index (χ0) is 35.6. The van der Waals surface area contributed by atoms with Gasteiger partial charge in [-0.25, -0.2) is 18.0 Å². The number of rotatable bonds is 9. The van der Waals surface area contributed by atoms with Crippen LogP contribution in [0.3, 0.4) is 0 Å². The highest BCUT2D eigenvalue weighted by Gasteiger charge is 2.38. The van der Waals surface area contributed by atoms with Gasteiger partial charge >= 0.3 is 24.4 Å². The number of carbonyl (C=O) groups is 4. The van der Waals surface area contributed by atoms with E-state index in [1.165, 1.54) is 18.8 Å². The lowest BCUT2D eigenvalue weighted by atomic mass is 9.94. The van der Waals surface area contributed by atoms with Crippen LogP contribution in [0.4, 0.5) is 36.8 Å². The van der Waals surface area contributed by atoms with Gasteiger partial charge in [-0.1, -0.05) is 0 Å². The number of sulfone groups is 1. The minimum absolute atomic E-state index is 0.183. The van der Waals surface area contributed by atoms with Crippen molar-refractivity contribution in [3.8, 4) is 0 Å². The van der Waals surface area contributed by atoms with Crippen LogP contribution < -0.4 is 26.6 Å². The first-order valence-electron chi connectivity index (χ1n) is 13.4. The fourth-order valence-corrected chi connectivity index (χ4v) is 6.27. The molecule has 0 aromatic heterocycles. The first-order valence-corrected chi connectivity index (χ1v) is 16.3. The van der Waals surface area contributed by atoms with Gasteiger partial charge in [0.15, 0.2) is 9.84 Å². The highest BCUT2D eigenvalue weighted by molar-refractivity contribution is 7.98. The van der Waals surface area contributed by atoms with Crippen molar-refractivity contribution in [2.24, 2.45) is 5.92 Å². The molecule has 1 heterocycles. The number of benzene rings is 2. The number of carboxylic acids is 1. The molecule has 2 aromatic carbocycles. The van der Waals surface area contributed by atoms with Crippen LogP contribution in [-0.2, 0) is 25.6 Å². The third-order valence-electron chi connectivity index (χ3n) is 6.54. The lowest BCUT2D eigenvalue weighted by molar-refractivity contribution is -0.192. The van der Waals surface area contributed by atoms with Crippen LogP contribution in [-0.4, -0.2) is 88.2 Å². The van der Waals surface area contributed by atoms with Gasteiger partial charge in [0.1, 0.15) is 0 Å². The minimum atomic E-state index is -5.08. The van der Waals surface area contributed by atoms with Gasteiger partial charge in [0.25, 0.3) is 5.91 Å². The summed E-state index contributed by atoms with van der Waals surface area (Å²) in [5, 5.41) is 19.7. The van der Waals surface area contributed by atoms with Gasteiger partial charge in [-0.05, 0) is 67.6 Å². The van der Waals surface area contributed by atoms with Crippen LogP contribution in [0, 0.1) is 5.92 Å². The third-order valence-corrected chi connectivity index (χ3v) is 9.14. The summed E-state index contributed by atoms with van der Waals surface area (Å²) < 4.78 is 97.4. The van der Waals surface area contributed by atoms with Crippen LogP contribution in [0.1, 0.15) is 22.3 Å². The molecule has 20 heteroatoms. The predicted molar refractivity (Wildman–Crippen MR) is 159 cm³/mol. The van der Waals surface area contributed by atoms with E-state index in [-0.39, 0.29) is 16.3 Å². The zero-order valence-electron chi connectivity index (χ0n) is 24.7. The third kappa shape index (κ3) is 12.2. The van der Waals surface area contributed by atoms with Gasteiger partial charge in [-0.2, -0.15) is 26.3 Å². The molecule has 12 nitrogen and oxygen atoms in total. The fourth-order valence-electron chi connectivity index (χ4n) is 4.16. The molecule has 6 N–H and O–H groups in total. The Hall–Kier alpha value is -4.04. The number of hydrogen-bond donors (Lipinski definition) is 6. The van der Waals surface area contributed by atoms with Crippen LogP contribution in [0.5, 0.6) is 0 Å². The number of nitrogens with one attached hydrogen (secondary N) is 5. The normalized spacial score (nSPS) is 16.6. The molecular formula is C27H31F6N5O7S2. The average Bonchev–Trinajstić information content (AvgIpc) is 3.00. The number of hydrogen-bond acceptors (Lipinski definition) is 8. The molecule has 2 atom stereocenters. The maximum atomic E-state index is 13.2. The SMILES string of the molecule is CNC(=O)Nc1ccc(C(F)(F)F)cc1C(=O)NCC(=O)N[C@H]1CNCC[C@H]1CS(=O)(=O)c1ccc(SC)cc1.O=C(O)C(F)(F)F. The fraction of sp³-hybridized carbons (Fsp3) is 0.407. The molecule has 0 unspecified atom stereocenters. The number of aliphatic carboxylic acids is 1. The van der Waals surface area contributed by atoms with E-state index < -0.39 is 75.6 Å². The maximum Gasteiger partial charge on any atom is 0.490 e. The molecule has 0 radical (unpaired) electrons. The Labute approximate surface area is 269 Å². The molecule has 47 heavy (non-hydrogen) atoms. The lowest BCUT2D eigenvalue weighted by Crippen LogP contribution is -2.54. The van der Waals surface area contributed by atoms with Crippen molar-refractivity contribution in [1.29, 1.82) is 0 Å². The Bertz CT molecular complexity index is 1540. The van der Waals surface area contributed by atoms with Crippen molar-refractivity contribution in [3.63, 3.8) is 0 Å². The van der Waals surface area contributed by atoms with Crippen LogP contribution in [0.15, 0.2) is 52.3 Å². The Morgan fingerprint density at radius 1 is 1.02 bits per heavy atom. The predicted octanol–water partition coefficient (Wildman–Crippen LogP) is 3.11. The number of halogens is 6. The smallest absolute Gasteiger partial charge is 0.475 e. The molecule has 3 rings (SSSR count). The van der Waals surface area contributed by atoms with Crippen molar-refractivity contribution in [2.75, 3.05) is 44.0 Å². The molecule has 0 aliphatic carbocycles. The maximum absolute atomic E-state index is 13.2. The second kappa shape index (κ2) is 16.7. The number of amides is 4. The second-order valence-corrected chi connectivity index (χ2v) is 12.7. The largest absolute Gasteiger partial charge is 0.490 e. The highest BCUT2D eigenvalue weighted by atomic mass is 32.2.